The minimum Gasteiger partial charge on any atom is -0.497 e. The summed E-state index contributed by atoms with van der Waals surface area (Å²) < 4.78 is 43.2. The van der Waals surface area contributed by atoms with E-state index in [4.69, 9.17) is 13.9 Å². The molecule has 0 amide bonds. The third kappa shape index (κ3) is 3.50. The van der Waals surface area contributed by atoms with Crippen molar-refractivity contribution in [3.05, 3.63) is 59.0 Å². The van der Waals surface area contributed by atoms with Gasteiger partial charge in [0.25, 0.3) is 10.0 Å². The van der Waals surface area contributed by atoms with Crippen molar-refractivity contribution in [3.8, 4) is 11.5 Å². The molecule has 0 spiro atoms. The molecule has 0 aliphatic rings. The quantitative estimate of drug-likeness (QED) is 0.666. The van der Waals surface area contributed by atoms with Crippen LogP contribution in [0.4, 0.5) is 5.69 Å². The maximum Gasteiger partial charge on any atom is 0.357 e. The molecule has 0 radical (unpaired) electrons. The maximum atomic E-state index is 12.6. The number of anilines is 1. The lowest BCUT2D eigenvalue weighted by atomic mass is 10.2. The Morgan fingerprint density at radius 2 is 1.85 bits per heavy atom. The molecule has 0 aliphatic carbocycles. The van der Waals surface area contributed by atoms with Gasteiger partial charge in [0.1, 0.15) is 5.75 Å². The van der Waals surface area contributed by atoms with E-state index in [1.54, 1.807) is 37.3 Å². The molecule has 0 saturated carbocycles. The first-order valence-electron chi connectivity index (χ1n) is 7.81. The van der Waals surface area contributed by atoms with Gasteiger partial charge >= 0.3 is 5.63 Å². The van der Waals surface area contributed by atoms with Crippen molar-refractivity contribution in [1.82, 2.24) is 0 Å². The van der Waals surface area contributed by atoms with E-state index in [0.717, 1.165) is 0 Å². The molecule has 1 heterocycles. The monoisotopic (exact) mass is 375 g/mol. The van der Waals surface area contributed by atoms with Crippen LogP contribution in [0.1, 0.15) is 6.92 Å². The van der Waals surface area contributed by atoms with E-state index in [-0.39, 0.29) is 5.58 Å². The van der Waals surface area contributed by atoms with Crippen LogP contribution in [0, 0.1) is 0 Å². The zero-order valence-corrected chi connectivity index (χ0v) is 15.0. The first-order valence-corrected chi connectivity index (χ1v) is 9.29. The van der Waals surface area contributed by atoms with Crippen LogP contribution in [-0.4, -0.2) is 22.1 Å². The number of fused-ring (bicyclic) bond motifs is 1. The van der Waals surface area contributed by atoms with Gasteiger partial charge in [-0.1, -0.05) is 12.1 Å². The van der Waals surface area contributed by atoms with Crippen molar-refractivity contribution >= 4 is 26.7 Å². The van der Waals surface area contributed by atoms with Gasteiger partial charge < -0.3 is 13.9 Å². The summed E-state index contributed by atoms with van der Waals surface area (Å²) >= 11 is 0. The first kappa shape index (κ1) is 17.8. The molecule has 0 aliphatic heterocycles. The Morgan fingerprint density at radius 1 is 1.12 bits per heavy atom. The molecule has 0 unspecified atom stereocenters. The number of benzene rings is 2. The van der Waals surface area contributed by atoms with Gasteiger partial charge in [0.2, 0.25) is 0 Å². The first-order chi connectivity index (χ1) is 12.4. The summed E-state index contributed by atoms with van der Waals surface area (Å²) in [6, 6.07) is 12.5. The molecule has 3 rings (SSSR count). The fourth-order valence-corrected chi connectivity index (χ4v) is 3.52. The SMILES string of the molecule is CCOc1cccc2cc(S(=O)(=O)Nc3ccc(OC)cc3)c(=O)oc12. The second-order valence-corrected chi connectivity index (χ2v) is 6.99. The topological polar surface area (TPSA) is 94.8 Å². The normalized spacial score (nSPS) is 11.3. The molecule has 26 heavy (non-hydrogen) atoms. The summed E-state index contributed by atoms with van der Waals surface area (Å²) in [6.07, 6.45) is 0. The number of nitrogens with one attached hydrogen (secondary N) is 1. The average molecular weight is 375 g/mol. The molecule has 0 saturated heterocycles. The number of hydrogen-bond donors (Lipinski definition) is 1. The van der Waals surface area contributed by atoms with Crippen LogP contribution in [-0.2, 0) is 10.0 Å². The van der Waals surface area contributed by atoms with E-state index >= 15 is 0 Å². The number of para-hydroxylation sites is 1. The minimum atomic E-state index is -4.12. The molecule has 2 aromatic carbocycles. The summed E-state index contributed by atoms with van der Waals surface area (Å²) in [6.45, 7) is 2.19. The number of hydrogen-bond acceptors (Lipinski definition) is 6. The van der Waals surface area contributed by atoms with E-state index in [1.165, 1.54) is 25.3 Å². The van der Waals surface area contributed by atoms with Crippen molar-refractivity contribution in [2.75, 3.05) is 18.4 Å². The zero-order chi connectivity index (χ0) is 18.7. The van der Waals surface area contributed by atoms with Gasteiger partial charge in [0.05, 0.1) is 13.7 Å². The summed E-state index contributed by atoms with van der Waals surface area (Å²) in [5, 5.41) is 0.450. The highest BCUT2D eigenvalue weighted by Crippen LogP contribution is 2.26. The summed E-state index contributed by atoms with van der Waals surface area (Å²) in [5.41, 5.74) is -0.457. The molecule has 136 valence electrons. The highest BCUT2D eigenvalue weighted by molar-refractivity contribution is 7.92. The molecule has 7 nitrogen and oxygen atoms in total. The number of ether oxygens (including phenoxy) is 2. The molecule has 1 aromatic heterocycles. The lowest BCUT2D eigenvalue weighted by Gasteiger charge is -2.10. The van der Waals surface area contributed by atoms with Crippen molar-refractivity contribution in [1.29, 1.82) is 0 Å². The molecule has 3 aromatic rings. The number of rotatable bonds is 6. The Kier molecular flexibility index (Phi) is 4.85. The molecular formula is C18H17NO6S. The molecular weight excluding hydrogens is 358 g/mol. The van der Waals surface area contributed by atoms with Crippen molar-refractivity contribution in [2.45, 2.75) is 11.8 Å². The fourth-order valence-electron chi connectivity index (χ4n) is 2.42. The van der Waals surface area contributed by atoms with Crippen LogP contribution < -0.4 is 19.8 Å². The van der Waals surface area contributed by atoms with Gasteiger partial charge in [-0.25, -0.2) is 13.2 Å². The Balaban J connectivity index is 2.02. The van der Waals surface area contributed by atoms with Crippen LogP contribution >= 0.6 is 0 Å². The molecule has 0 bridgehead atoms. The highest BCUT2D eigenvalue weighted by Gasteiger charge is 2.22. The van der Waals surface area contributed by atoms with Crippen molar-refractivity contribution in [3.63, 3.8) is 0 Å². The molecule has 8 heteroatoms. The Labute approximate surface area is 150 Å². The van der Waals surface area contributed by atoms with Crippen LogP contribution in [0.3, 0.4) is 0 Å². The number of methoxy groups -OCH3 is 1. The van der Waals surface area contributed by atoms with Crippen molar-refractivity contribution in [2.24, 2.45) is 0 Å². The number of sulfonamides is 1. The predicted molar refractivity (Wildman–Crippen MR) is 97.5 cm³/mol. The second-order valence-electron chi connectivity index (χ2n) is 5.34. The zero-order valence-electron chi connectivity index (χ0n) is 14.2. The van der Waals surface area contributed by atoms with E-state index < -0.39 is 20.5 Å². The van der Waals surface area contributed by atoms with E-state index in [0.29, 0.717) is 29.2 Å². The van der Waals surface area contributed by atoms with E-state index in [9.17, 15) is 13.2 Å². The van der Waals surface area contributed by atoms with Crippen LogP contribution in [0.2, 0.25) is 0 Å². The summed E-state index contributed by atoms with van der Waals surface area (Å²) in [4.78, 5) is 11.8. The van der Waals surface area contributed by atoms with Gasteiger partial charge in [0, 0.05) is 11.1 Å². The predicted octanol–water partition coefficient (Wildman–Crippen LogP) is 3.00. The van der Waals surface area contributed by atoms with Crippen LogP contribution in [0.15, 0.2) is 62.6 Å². The van der Waals surface area contributed by atoms with Gasteiger partial charge in [-0.05, 0) is 43.3 Å². The second kappa shape index (κ2) is 7.09. The largest absolute Gasteiger partial charge is 0.497 e. The summed E-state index contributed by atoms with van der Waals surface area (Å²) in [7, 11) is -2.61. The van der Waals surface area contributed by atoms with Gasteiger partial charge in [-0.15, -0.1) is 0 Å². The lowest BCUT2D eigenvalue weighted by Crippen LogP contribution is -2.20. The van der Waals surface area contributed by atoms with E-state index in [2.05, 4.69) is 4.72 Å². The van der Waals surface area contributed by atoms with Crippen molar-refractivity contribution < 1.29 is 22.3 Å². The Bertz CT molecular complexity index is 1090. The summed E-state index contributed by atoms with van der Waals surface area (Å²) in [5.74, 6) is 0.968. The highest BCUT2D eigenvalue weighted by atomic mass is 32.2. The fraction of sp³-hybridized carbons (Fsp3) is 0.167. The van der Waals surface area contributed by atoms with Gasteiger partial charge in [-0.2, -0.15) is 0 Å². The van der Waals surface area contributed by atoms with Gasteiger partial charge in [0.15, 0.2) is 16.2 Å². The Hall–Kier alpha value is -3.00. The molecule has 1 N–H and O–H groups in total. The standard InChI is InChI=1S/C18H17NO6S/c1-3-24-15-6-4-5-12-11-16(18(20)25-17(12)15)26(21,22)19-13-7-9-14(23-2)10-8-13/h4-11,19H,3H2,1-2H3. The third-order valence-electron chi connectivity index (χ3n) is 3.62. The van der Waals surface area contributed by atoms with Crippen LogP contribution in [0.25, 0.3) is 11.0 Å². The smallest absolute Gasteiger partial charge is 0.357 e. The van der Waals surface area contributed by atoms with Crippen LogP contribution in [0.5, 0.6) is 11.5 Å². The van der Waals surface area contributed by atoms with Gasteiger partial charge in [-0.3, -0.25) is 4.72 Å². The molecule has 0 atom stereocenters. The molecule has 0 fully saturated rings. The maximum absolute atomic E-state index is 12.6. The lowest BCUT2D eigenvalue weighted by molar-refractivity contribution is 0.336. The Morgan fingerprint density at radius 3 is 2.50 bits per heavy atom. The van der Waals surface area contributed by atoms with E-state index in [1.807, 2.05) is 0 Å². The third-order valence-corrected chi connectivity index (χ3v) is 4.99. The minimum absolute atomic E-state index is 0.211. The average Bonchev–Trinajstić information content (AvgIpc) is 2.62.